The van der Waals surface area contributed by atoms with E-state index in [1.54, 1.807) is 36.6 Å². The number of likely N-dealkylation sites (tertiary alicyclic amines) is 1. The van der Waals surface area contributed by atoms with Gasteiger partial charge in [-0.15, -0.1) is 0 Å². The smallest absolute Gasteiger partial charge is 0.241 e. The average molecular weight is 407 g/mol. The van der Waals surface area contributed by atoms with E-state index in [9.17, 15) is 4.79 Å². The largest absolute Gasteiger partial charge is 0.461 e. The van der Waals surface area contributed by atoms with Gasteiger partial charge in [-0.2, -0.15) is 4.98 Å². The molecule has 2 aromatic heterocycles. The van der Waals surface area contributed by atoms with Crippen molar-refractivity contribution in [2.24, 2.45) is 0 Å². The van der Waals surface area contributed by atoms with E-state index in [0.717, 1.165) is 19.4 Å². The first-order chi connectivity index (χ1) is 13.1. The molecule has 0 aliphatic carbocycles. The molecular formula is C18H16Cl2N4O3. The highest BCUT2D eigenvalue weighted by molar-refractivity contribution is 6.36. The van der Waals surface area contributed by atoms with Crippen LogP contribution in [0.5, 0.6) is 0 Å². The molecule has 0 radical (unpaired) electrons. The molecule has 1 aliphatic heterocycles. The molecule has 1 unspecified atom stereocenters. The number of nitrogens with one attached hydrogen (secondary N) is 1. The van der Waals surface area contributed by atoms with Crippen molar-refractivity contribution in [3.8, 4) is 11.6 Å². The zero-order valence-corrected chi connectivity index (χ0v) is 15.7. The lowest BCUT2D eigenvalue weighted by Gasteiger charge is -2.22. The quantitative estimate of drug-likeness (QED) is 0.681. The summed E-state index contributed by atoms with van der Waals surface area (Å²) in [5.74, 6) is 1.24. The second-order valence-corrected chi connectivity index (χ2v) is 7.07. The van der Waals surface area contributed by atoms with E-state index in [2.05, 4.69) is 15.5 Å². The van der Waals surface area contributed by atoms with Crippen LogP contribution in [0.25, 0.3) is 11.6 Å². The number of amides is 1. The minimum Gasteiger partial charge on any atom is -0.461 e. The number of halogens is 2. The van der Waals surface area contributed by atoms with E-state index in [0.29, 0.717) is 39.8 Å². The topological polar surface area (TPSA) is 84.4 Å². The van der Waals surface area contributed by atoms with Crippen molar-refractivity contribution >= 4 is 34.8 Å². The number of rotatable bonds is 5. The molecular weight excluding hydrogens is 391 g/mol. The normalized spacial score (nSPS) is 17.3. The predicted octanol–water partition coefficient (Wildman–Crippen LogP) is 4.24. The summed E-state index contributed by atoms with van der Waals surface area (Å²) in [6.07, 6.45) is 3.20. The van der Waals surface area contributed by atoms with Crippen molar-refractivity contribution in [3.05, 3.63) is 52.5 Å². The van der Waals surface area contributed by atoms with Crippen LogP contribution in [-0.2, 0) is 11.3 Å². The lowest BCUT2D eigenvalue weighted by atomic mass is 10.2. The second-order valence-electron chi connectivity index (χ2n) is 6.23. The van der Waals surface area contributed by atoms with Crippen LogP contribution in [0.2, 0.25) is 10.0 Å². The van der Waals surface area contributed by atoms with Gasteiger partial charge in [-0.05, 0) is 49.7 Å². The Bertz CT molecular complexity index is 942. The third-order valence-corrected chi connectivity index (χ3v) is 4.95. The van der Waals surface area contributed by atoms with E-state index < -0.39 is 0 Å². The number of nitrogens with zero attached hydrogens (tertiary/aromatic N) is 3. The molecule has 1 aromatic carbocycles. The summed E-state index contributed by atoms with van der Waals surface area (Å²) in [6.45, 7) is 1.16. The minimum absolute atomic E-state index is 0.123. The summed E-state index contributed by atoms with van der Waals surface area (Å²) < 4.78 is 10.6. The monoisotopic (exact) mass is 406 g/mol. The van der Waals surface area contributed by atoms with E-state index in [4.69, 9.17) is 32.1 Å². The number of benzene rings is 1. The Balaban J connectivity index is 1.43. The van der Waals surface area contributed by atoms with Crippen molar-refractivity contribution in [2.75, 3.05) is 11.9 Å². The van der Waals surface area contributed by atoms with Crippen molar-refractivity contribution in [2.45, 2.75) is 25.4 Å². The van der Waals surface area contributed by atoms with Crippen LogP contribution in [0, 0.1) is 0 Å². The molecule has 7 nitrogen and oxygen atoms in total. The van der Waals surface area contributed by atoms with Gasteiger partial charge in [-0.25, -0.2) is 0 Å². The first-order valence-electron chi connectivity index (χ1n) is 8.46. The third kappa shape index (κ3) is 4.00. The maximum absolute atomic E-state index is 12.7. The molecule has 1 aliphatic rings. The zero-order valence-electron chi connectivity index (χ0n) is 14.2. The number of carbonyl (C=O) groups is 1. The van der Waals surface area contributed by atoms with Crippen molar-refractivity contribution in [1.29, 1.82) is 0 Å². The first-order valence-corrected chi connectivity index (χ1v) is 9.22. The molecule has 0 bridgehead atoms. The predicted molar refractivity (Wildman–Crippen MR) is 101 cm³/mol. The molecule has 3 heterocycles. The molecule has 140 valence electrons. The average Bonchev–Trinajstić information content (AvgIpc) is 3.38. The fourth-order valence-electron chi connectivity index (χ4n) is 3.12. The Kier molecular flexibility index (Phi) is 5.15. The molecule has 1 N–H and O–H groups in total. The van der Waals surface area contributed by atoms with Gasteiger partial charge in [0.15, 0.2) is 5.76 Å². The number of carbonyl (C=O) groups excluding carboxylic acids is 1. The molecule has 1 fully saturated rings. The van der Waals surface area contributed by atoms with Gasteiger partial charge in [0.2, 0.25) is 17.6 Å². The lowest BCUT2D eigenvalue weighted by Crippen LogP contribution is -2.39. The maximum Gasteiger partial charge on any atom is 0.241 e. The van der Waals surface area contributed by atoms with Gasteiger partial charge in [0.05, 0.1) is 29.6 Å². The Hall–Kier alpha value is -2.35. The molecule has 3 aromatic rings. The van der Waals surface area contributed by atoms with E-state index in [1.165, 1.54) is 0 Å². The van der Waals surface area contributed by atoms with E-state index in [-0.39, 0.29) is 11.9 Å². The third-order valence-electron chi connectivity index (χ3n) is 4.40. The highest BCUT2D eigenvalue weighted by Crippen LogP contribution is 2.27. The number of aromatic nitrogens is 2. The Morgan fingerprint density at radius 1 is 1.33 bits per heavy atom. The summed E-state index contributed by atoms with van der Waals surface area (Å²) in [6, 6.07) is 8.19. The van der Waals surface area contributed by atoms with Gasteiger partial charge < -0.3 is 14.3 Å². The van der Waals surface area contributed by atoms with Crippen molar-refractivity contribution in [1.82, 2.24) is 15.0 Å². The number of hydrogen-bond acceptors (Lipinski definition) is 6. The molecule has 4 rings (SSSR count). The zero-order chi connectivity index (χ0) is 18.8. The number of furan rings is 1. The van der Waals surface area contributed by atoms with E-state index >= 15 is 0 Å². The molecule has 9 heteroatoms. The van der Waals surface area contributed by atoms with Gasteiger partial charge in [0.25, 0.3) is 0 Å². The SMILES string of the molecule is O=C(Nc1ccc(Cl)cc1Cl)C1CCCN1Cc1nc(-c2ccco2)no1. The summed E-state index contributed by atoms with van der Waals surface area (Å²) in [4.78, 5) is 19.1. The van der Waals surface area contributed by atoms with Crippen LogP contribution in [-0.4, -0.2) is 33.5 Å². The van der Waals surface area contributed by atoms with Crippen LogP contribution in [0.4, 0.5) is 5.69 Å². The lowest BCUT2D eigenvalue weighted by molar-refractivity contribution is -0.120. The molecule has 1 saturated heterocycles. The van der Waals surface area contributed by atoms with Crippen LogP contribution in [0.15, 0.2) is 45.5 Å². The highest BCUT2D eigenvalue weighted by Gasteiger charge is 2.32. The number of anilines is 1. The van der Waals surface area contributed by atoms with Crippen LogP contribution in [0.1, 0.15) is 18.7 Å². The molecule has 0 saturated carbocycles. The summed E-state index contributed by atoms with van der Waals surface area (Å²) in [7, 11) is 0. The minimum atomic E-state index is -0.296. The van der Waals surface area contributed by atoms with Gasteiger partial charge >= 0.3 is 0 Å². The molecule has 0 spiro atoms. The number of hydrogen-bond donors (Lipinski definition) is 1. The standard InChI is InChI=1S/C18H16Cl2N4O3/c19-11-5-6-13(12(20)9-11)21-18(25)14-3-1-7-24(14)10-16-22-17(23-27-16)15-4-2-8-26-15/h2,4-6,8-9,14H,1,3,7,10H2,(H,21,25). The van der Waals surface area contributed by atoms with Gasteiger partial charge in [-0.3, -0.25) is 9.69 Å². The van der Waals surface area contributed by atoms with Crippen molar-refractivity contribution < 1.29 is 13.7 Å². The maximum atomic E-state index is 12.7. The molecule has 27 heavy (non-hydrogen) atoms. The van der Waals surface area contributed by atoms with Crippen LogP contribution in [0.3, 0.4) is 0 Å². The Morgan fingerprint density at radius 3 is 3.00 bits per heavy atom. The van der Waals surface area contributed by atoms with Gasteiger partial charge in [0.1, 0.15) is 0 Å². The van der Waals surface area contributed by atoms with E-state index in [1.807, 2.05) is 4.90 Å². The van der Waals surface area contributed by atoms with Gasteiger partial charge in [-0.1, -0.05) is 28.4 Å². The van der Waals surface area contributed by atoms with Crippen LogP contribution < -0.4 is 5.32 Å². The fraction of sp³-hybridized carbons (Fsp3) is 0.278. The van der Waals surface area contributed by atoms with Crippen LogP contribution >= 0.6 is 23.2 Å². The summed E-state index contributed by atoms with van der Waals surface area (Å²) >= 11 is 12.0. The first kappa shape index (κ1) is 18.0. The highest BCUT2D eigenvalue weighted by atomic mass is 35.5. The Labute approximate surface area is 165 Å². The summed E-state index contributed by atoms with van der Waals surface area (Å²) in [5.41, 5.74) is 0.538. The summed E-state index contributed by atoms with van der Waals surface area (Å²) in [5, 5.41) is 7.71. The molecule has 1 amide bonds. The van der Waals surface area contributed by atoms with Crippen molar-refractivity contribution in [3.63, 3.8) is 0 Å². The fourth-order valence-corrected chi connectivity index (χ4v) is 3.57. The molecule has 1 atom stereocenters. The second kappa shape index (κ2) is 7.72. The van der Waals surface area contributed by atoms with Gasteiger partial charge in [0, 0.05) is 5.02 Å². The Morgan fingerprint density at radius 2 is 2.22 bits per heavy atom.